The fraction of sp³-hybridized carbons (Fsp3) is 0.273. The molecule has 0 saturated heterocycles. The summed E-state index contributed by atoms with van der Waals surface area (Å²) in [6.07, 6.45) is 2.39. The lowest BCUT2D eigenvalue weighted by Gasteiger charge is -2.03. The van der Waals surface area contributed by atoms with Crippen molar-refractivity contribution in [3.8, 4) is 0 Å². The van der Waals surface area contributed by atoms with Crippen LogP contribution in [0.3, 0.4) is 0 Å². The van der Waals surface area contributed by atoms with E-state index in [-0.39, 0.29) is 6.04 Å². The number of nitrogens with two attached hydrogens (primary N) is 1. The molecule has 15 heavy (non-hydrogen) atoms. The first-order chi connectivity index (χ1) is 7.08. The third kappa shape index (κ3) is 1.85. The third-order valence-corrected chi connectivity index (χ3v) is 2.35. The number of H-pyrrole nitrogens is 1. The molecule has 80 valence electrons. The number of nitrogens with one attached hydrogen (secondary N) is 1. The van der Waals surface area contributed by atoms with Crippen LogP contribution in [0.2, 0.25) is 0 Å². The highest BCUT2D eigenvalue weighted by Crippen LogP contribution is 2.22. The Bertz CT molecular complexity index is 489. The number of rotatable bonds is 2. The van der Waals surface area contributed by atoms with Crippen LogP contribution in [0.1, 0.15) is 12.5 Å². The van der Waals surface area contributed by atoms with E-state index in [4.69, 9.17) is 5.73 Å². The van der Waals surface area contributed by atoms with E-state index in [1.54, 1.807) is 6.20 Å². The molecule has 4 heteroatoms. The van der Waals surface area contributed by atoms with Gasteiger partial charge < -0.3 is 10.7 Å². The Morgan fingerprint density at radius 3 is 2.67 bits per heavy atom. The topological polar surface area (TPSA) is 41.8 Å². The summed E-state index contributed by atoms with van der Waals surface area (Å²) in [6.45, 7) is 1.87. The van der Waals surface area contributed by atoms with Gasteiger partial charge in [0.25, 0.3) is 0 Å². The van der Waals surface area contributed by atoms with Crippen molar-refractivity contribution in [3.63, 3.8) is 0 Å². The van der Waals surface area contributed by atoms with Crippen molar-refractivity contribution in [2.24, 2.45) is 5.73 Å². The van der Waals surface area contributed by atoms with Crippen LogP contribution >= 0.6 is 0 Å². The molecule has 1 atom stereocenters. The Balaban J connectivity index is 2.54. The van der Waals surface area contributed by atoms with Gasteiger partial charge in [-0.3, -0.25) is 0 Å². The normalized spacial score (nSPS) is 13.3. The van der Waals surface area contributed by atoms with Gasteiger partial charge in [0.05, 0.1) is 0 Å². The summed E-state index contributed by atoms with van der Waals surface area (Å²) < 4.78 is 25.9. The lowest BCUT2D eigenvalue weighted by atomic mass is 10.1. The monoisotopic (exact) mass is 210 g/mol. The van der Waals surface area contributed by atoms with E-state index < -0.39 is 11.6 Å². The first-order valence-electron chi connectivity index (χ1n) is 4.78. The van der Waals surface area contributed by atoms with E-state index in [1.807, 2.05) is 6.92 Å². The number of halogens is 2. The molecule has 0 aliphatic carbocycles. The van der Waals surface area contributed by atoms with Crippen LogP contribution in [0.4, 0.5) is 8.78 Å². The zero-order chi connectivity index (χ0) is 11.0. The molecule has 0 aliphatic heterocycles. The minimum atomic E-state index is -0.836. The van der Waals surface area contributed by atoms with Crippen LogP contribution in [0, 0.1) is 11.6 Å². The summed E-state index contributed by atoms with van der Waals surface area (Å²) >= 11 is 0. The summed E-state index contributed by atoms with van der Waals surface area (Å²) in [6, 6.07) is 2.37. The van der Waals surface area contributed by atoms with Gasteiger partial charge in [0.1, 0.15) is 0 Å². The molecular formula is C11H12F2N2. The number of aromatic nitrogens is 1. The maximum absolute atomic E-state index is 13.0. The van der Waals surface area contributed by atoms with E-state index in [1.165, 1.54) is 6.07 Å². The lowest BCUT2D eigenvalue weighted by Crippen LogP contribution is -2.17. The minimum Gasteiger partial charge on any atom is -0.361 e. The first-order valence-corrected chi connectivity index (χ1v) is 4.78. The highest BCUT2D eigenvalue weighted by Gasteiger charge is 2.10. The van der Waals surface area contributed by atoms with Crippen LogP contribution in [-0.4, -0.2) is 11.0 Å². The van der Waals surface area contributed by atoms with Crippen LogP contribution in [0.15, 0.2) is 18.3 Å². The average Bonchev–Trinajstić information content (AvgIpc) is 2.49. The lowest BCUT2D eigenvalue weighted by molar-refractivity contribution is 0.511. The van der Waals surface area contributed by atoms with E-state index in [9.17, 15) is 8.78 Å². The van der Waals surface area contributed by atoms with Crippen molar-refractivity contribution in [1.29, 1.82) is 0 Å². The second kappa shape index (κ2) is 3.62. The van der Waals surface area contributed by atoms with Crippen molar-refractivity contribution in [1.82, 2.24) is 4.98 Å². The quantitative estimate of drug-likeness (QED) is 0.784. The predicted octanol–water partition coefficient (Wildman–Crippen LogP) is 2.34. The molecule has 0 amide bonds. The Kier molecular flexibility index (Phi) is 2.44. The Labute approximate surface area is 86.1 Å². The van der Waals surface area contributed by atoms with Gasteiger partial charge in [-0.05, 0) is 25.0 Å². The number of hydrogen-bond donors (Lipinski definition) is 2. The Morgan fingerprint density at radius 2 is 2.00 bits per heavy atom. The number of fused-ring (bicyclic) bond motifs is 1. The minimum absolute atomic E-state index is 0.00267. The molecule has 2 rings (SSSR count). The van der Waals surface area contributed by atoms with Gasteiger partial charge in [-0.2, -0.15) is 0 Å². The van der Waals surface area contributed by atoms with Crippen molar-refractivity contribution in [2.75, 3.05) is 0 Å². The summed E-state index contributed by atoms with van der Waals surface area (Å²) in [5, 5.41) is 0.700. The van der Waals surface area contributed by atoms with Gasteiger partial charge >= 0.3 is 0 Å². The van der Waals surface area contributed by atoms with Gasteiger partial charge in [0, 0.05) is 29.2 Å². The summed E-state index contributed by atoms with van der Waals surface area (Å²) in [4.78, 5) is 2.90. The van der Waals surface area contributed by atoms with E-state index in [2.05, 4.69) is 4.98 Å². The standard InChI is InChI=1S/C11H12F2N2/c1-6(14)2-7-5-15-11-4-10(13)9(12)3-8(7)11/h3-6,15H,2,14H2,1H3/t6-/m1/s1. The zero-order valence-electron chi connectivity index (χ0n) is 8.35. The highest BCUT2D eigenvalue weighted by molar-refractivity contribution is 5.83. The molecule has 0 bridgehead atoms. The van der Waals surface area contributed by atoms with Crippen molar-refractivity contribution in [3.05, 3.63) is 35.5 Å². The van der Waals surface area contributed by atoms with Crippen LogP contribution < -0.4 is 5.73 Å². The molecule has 1 aromatic carbocycles. The maximum atomic E-state index is 13.0. The molecule has 0 aliphatic rings. The van der Waals surface area contributed by atoms with Crippen LogP contribution in [0.5, 0.6) is 0 Å². The summed E-state index contributed by atoms with van der Waals surface area (Å²) in [5.74, 6) is -1.66. The van der Waals surface area contributed by atoms with Crippen molar-refractivity contribution >= 4 is 10.9 Å². The molecule has 0 spiro atoms. The summed E-state index contributed by atoms with van der Waals surface area (Å²) in [7, 11) is 0. The van der Waals surface area contributed by atoms with Crippen molar-refractivity contribution < 1.29 is 8.78 Å². The van der Waals surface area contributed by atoms with Gasteiger partial charge in [0.2, 0.25) is 0 Å². The third-order valence-electron chi connectivity index (χ3n) is 2.35. The molecule has 0 radical (unpaired) electrons. The fourth-order valence-corrected chi connectivity index (χ4v) is 1.69. The van der Waals surface area contributed by atoms with Gasteiger partial charge in [-0.15, -0.1) is 0 Å². The maximum Gasteiger partial charge on any atom is 0.160 e. The molecule has 0 unspecified atom stereocenters. The van der Waals surface area contributed by atoms with E-state index in [0.717, 1.165) is 11.6 Å². The van der Waals surface area contributed by atoms with Crippen molar-refractivity contribution in [2.45, 2.75) is 19.4 Å². The number of hydrogen-bond acceptors (Lipinski definition) is 1. The van der Waals surface area contributed by atoms with E-state index in [0.29, 0.717) is 17.3 Å². The van der Waals surface area contributed by atoms with Gasteiger partial charge in [-0.25, -0.2) is 8.78 Å². The molecular weight excluding hydrogens is 198 g/mol. The fourth-order valence-electron chi connectivity index (χ4n) is 1.69. The largest absolute Gasteiger partial charge is 0.361 e. The highest BCUT2D eigenvalue weighted by atomic mass is 19.2. The Morgan fingerprint density at radius 1 is 1.33 bits per heavy atom. The molecule has 3 N–H and O–H groups in total. The summed E-state index contributed by atoms with van der Waals surface area (Å²) in [5.41, 5.74) is 7.18. The van der Waals surface area contributed by atoms with E-state index >= 15 is 0 Å². The average molecular weight is 210 g/mol. The molecule has 0 saturated carbocycles. The van der Waals surface area contributed by atoms with Crippen LogP contribution in [0.25, 0.3) is 10.9 Å². The number of aromatic amines is 1. The molecule has 0 fully saturated rings. The second-order valence-electron chi connectivity index (χ2n) is 3.81. The zero-order valence-corrected chi connectivity index (χ0v) is 8.35. The molecule has 2 nitrogen and oxygen atoms in total. The molecule has 2 aromatic rings. The second-order valence-corrected chi connectivity index (χ2v) is 3.81. The number of benzene rings is 1. The SMILES string of the molecule is C[C@@H](N)Cc1c[nH]c2cc(F)c(F)cc12. The molecule has 1 heterocycles. The predicted molar refractivity (Wildman–Crippen MR) is 55.6 cm³/mol. The van der Waals surface area contributed by atoms with Gasteiger partial charge in [-0.1, -0.05) is 0 Å². The smallest absolute Gasteiger partial charge is 0.160 e. The molecule has 1 aromatic heterocycles. The van der Waals surface area contributed by atoms with Crippen LogP contribution in [-0.2, 0) is 6.42 Å². The van der Waals surface area contributed by atoms with Gasteiger partial charge in [0.15, 0.2) is 11.6 Å². The first kappa shape index (κ1) is 10.1. The Hall–Kier alpha value is -1.42.